The van der Waals surface area contributed by atoms with Crippen LogP contribution in [0, 0.1) is 0 Å². The van der Waals surface area contributed by atoms with E-state index in [2.05, 4.69) is 30.1 Å². The second kappa shape index (κ2) is 10.1. The minimum atomic E-state index is -0.541. The lowest BCUT2D eigenvalue weighted by molar-refractivity contribution is 0.0736. The van der Waals surface area contributed by atoms with E-state index in [0.29, 0.717) is 19.5 Å². The zero-order valence-electron chi connectivity index (χ0n) is 18.3. The molecule has 1 amide bonds. The van der Waals surface area contributed by atoms with Gasteiger partial charge >= 0.3 is 11.4 Å². The lowest BCUT2D eigenvalue weighted by atomic mass is 10.1. The average Bonchev–Trinajstić information content (AvgIpc) is 3.11. The Balaban J connectivity index is 1.69. The normalized spacial score (nSPS) is 18.6. The molecule has 7 heteroatoms. The molecule has 1 N–H and O–H groups in total. The van der Waals surface area contributed by atoms with Crippen molar-refractivity contribution in [3.63, 3.8) is 0 Å². The number of fused-ring (bicyclic) bond motifs is 1. The molecule has 1 aliphatic rings. The summed E-state index contributed by atoms with van der Waals surface area (Å²) in [6.07, 6.45) is 1.83. The highest BCUT2D eigenvalue weighted by Crippen LogP contribution is 2.31. The van der Waals surface area contributed by atoms with Gasteiger partial charge in [-0.3, -0.25) is 0 Å². The molecule has 0 aromatic heterocycles. The van der Waals surface area contributed by atoms with E-state index in [9.17, 15) is 9.59 Å². The molecule has 1 aliphatic heterocycles. The second-order valence-corrected chi connectivity index (χ2v) is 9.76. The zero-order valence-corrected chi connectivity index (χ0v) is 19.1. The molecule has 0 aliphatic carbocycles. The highest BCUT2D eigenvalue weighted by atomic mass is 32.2. The van der Waals surface area contributed by atoms with Gasteiger partial charge in [0, 0.05) is 29.4 Å². The van der Waals surface area contributed by atoms with Crippen LogP contribution in [-0.2, 0) is 9.47 Å². The number of nitrogens with one attached hydrogen (secondary N) is 1. The Bertz CT molecular complexity index is 935. The smallest absolute Gasteiger partial charge is 0.410 e. The molecule has 1 saturated heterocycles. The molecular formula is C24H30N2O4S. The Kier molecular flexibility index (Phi) is 7.49. The minimum absolute atomic E-state index is 0.0505. The summed E-state index contributed by atoms with van der Waals surface area (Å²) >= 11 is 1.15. The number of anilines is 1. The fourth-order valence-corrected chi connectivity index (χ4v) is 4.73. The first-order valence-corrected chi connectivity index (χ1v) is 11.3. The largest absolute Gasteiger partial charge is 0.452 e. The van der Waals surface area contributed by atoms with Crippen molar-refractivity contribution >= 4 is 39.6 Å². The standard InChI is InChI=1S/C24H30N2O4S/c1-5-13-29-22(27)26-16-19(31-23(28)30-24(2,3)4)14-18(26)15-25-21-12-8-10-17-9-6-7-11-20(17)21/h5-12,18-19,25H,1,13-16H2,2-4H3. The molecule has 166 valence electrons. The molecule has 0 radical (unpaired) electrons. The van der Waals surface area contributed by atoms with Gasteiger partial charge < -0.3 is 19.7 Å². The number of carbonyl (C=O) groups is 2. The first kappa shape index (κ1) is 23.0. The maximum Gasteiger partial charge on any atom is 0.410 e. The average molecular weight is 443 g/mol. The van der Waals surface area contributed by atoms with Crippen molar-refractivity contribution in [2.24, 2.45) is 0 Å². The van der Waals surface area contributed by atoms with Crippen molar-refractivity contribution in [3.8, 4) is 0 Å². The Hall–Kier alpha value is -2.67. The fraction of sp³-hybridized carbons (Fsp3) is 0.417. The highest BCUT2D eigenvalue weighted by molar-refractivity contribution is 8.13. The molecule has 0 bridgehead atoms. The molecule has 3 rings (SSSR count). The van der Waals surface area contributed by atoms with Crippen molar-refractivity contribution < 1.29 is 19.1 Å². The molecule has 31 heavy (non-hydrogen) atoms. The van der Waals surface area contributed by atoms with Crippen LogP contribution < -0.4 is 5.32 Å². The van der Waals surface area contributed by atoms with Gasteiger partial charge in [-0.1, -0.05) is 49.1 Å². The zero-order chi connectivity index (χ0) is 22.4. The van der Waals surface area contributed by atoms with Crippen LogP contribution in [0.3, 0.4) is 0 Å². The molecular weight excluding hydrogens is 412 g/mol. The van der Waals surface area contributed by atoms with Crippen molar-refractivity contribution in [1.29, 1.82) is 0 Å². The number of likely N-dealkylation sites (tertiary alicyclic amines) is 1. The fourth-order valence-electron chi connectivity index (χ4n) is 3.61. The van der Waals surface area contributed by atoms with E-state index in [0.717, 1.165) is 28.2 Å². The minimum Gasteiger partial charge on any atom is -0.452 e. The summed E-state index contributed by atoms with van der Waals surface area (Å²) in [5, 5.41) is 5.40. The quantitative estimate of drug-likeness (QED) is 0.458. The van der Waals surface area contributed by atoms with Crippen LogP contribution in [-0.4, -0.2) is 52.9 Å². The first-order valence-electron chi connectivity index (χ1n) is 10.4. The van der Waals surface area contributed by atoms with Gasteiger partial charge in [-0.15, -0.1) is 0 Å². The molecule has 2 unspecified atom stereocenters. The first-order chi connectivity index (χ1) is 14.8. The van der Waals surface area contributed by atoms with Crippen LogP contribution in [0.15, 0.2) is 55.1 Å². The highest BCUT2D eigenvalue weighted by Gasteiger charge is 2.38. The maximum atomic E-state index is 12.6. The number of amides is 1. The summed E-state index contributed by atoms with van der Waals surface area (Å²) in [6.45, 7) is 10.3. The van der Waals surface area contributed by atoms with Crippen molar-refractivity contribution in [1.82, 2.24) is 4.90 Å². The molecule has 2 aromatic rings. The van der Waals surface area contributed by atoms with Crippen molar-refractivity contribution in [3.05, 3.63) is 55.1 Å². The summed E-state index contributed by atoms with van der Waals surface area (Å²) in [5.41, 5.74) is 0.474. The summed E-state index contributed by atoms with van der Waals surface area (Å²) in [4.78, 5) is 26.6. The SMILES string of the molecule is C=CCOC(=O)N1CC(SC(=O)OC(C)(C)C)CC1CNc1cccc2ccccc12. The van der Waals surface area contributed by atoms with Crippen LogP contribution >= 0.6 is 11.8 Å². The maximum absolute atomic E-state index is 12.6. The predicted octanol–water partition coefficient (Wildman–Crippen LogP) is 5.69. The van der Waals surface area contributed by atoms with E-state index in [1.54, 1.807) is 11.0 Å². The lowest BCUT2D eigenvalue weighted by Crippen LogP contribution is -2.40. The number of carbonyl (C=O) groups excluding carboxylic acids is 2. The van der Waals surface area contributed by atoms with Gasteiger partial charge in [-0.05, 0) is 50.4 Å². The summed E-state index contributed by atoms with van der Waals surface area (Å²) in [5.74, 6) is 0. The Morgan fingerprint density at radius 3 is 2.71 bits per heavy atom. The van der Waals surface area contributed by atoms with E-state index in [-0.39, 0.29) is 23.2 Å². The van der Waals surface area contributed by atoms with Crippen LogP contribution in [0.2, 0.25) is 0 Å². The third kappa shape index (κ3) is 6.40. The van der Waals surface area contributed by atoms with Gasteiger partial charge in [0.15, 0.2) is 0 Å². The monoisotopic (exact) mass is 442 g/mol. The molecule has 2 atom stereocenters. The number of nitrogens with zero attached hydrogens (tertiary/aromatic N) is 1. The topological polar surface area (TPSA) is 67.9 Å². The van der Waals surface area contributed by atoms with Gasteiger partial charge in [-0.2, -0.15) is 0 Å². The van der Waals surface area contributed by atoms with Gasteiger partial charge in [0.25, 0.3) is 0 Å². The summed E-state index contributed by atoms with van der Waals surface area (Å²) in [6, 6.07) is 14.2. The molecule has 2 aromatic carbocycles. The van der Waals surface area contributed by atoms with Crippen molar-refractivity contribution in [2.45, 2.75) is 44.1 Å². The summed E-state index contributed by atoms with van der Waals surface area (Å²) in [7, 11) is 0. The number of hydrogen-bond acceptors (Lipinski definition) is 6. The van der Waals surface area contributed by atoms with Crippen LogP contribution in [0.5, 0.6) is 0 Å². The second-order valence-electron chi connectivity index (χ2n) is 8.52. The third-order valence-corrected chi connectivity index (χ3v) is 5.86. The van der Waals surface area contributed by atoms with Crippen molar-refractivity contribution in [2.75, 3.05) is 25.0 Å². The number of benzene rings is 2. The van der Waals surface area contributed by atoms with Crippen LogP contribution in [0.1, 0.15) is 27.2 Å². The summed E-state index contributed by atoms with van der Waals surface area (Å²) < 4.78 is 10.7. The Labute approximate surface area is 188 Å². The third-order valence-electron chi connectivity index (χ3n) is 4.91. The molecule has 0 spiro atoms. The number of hydrogen-bond donors (Lipinski definition) is 1. The Morgan fingerprint density at radius 2 is 1.97 bits per heavy atom. The number of ether oxygens (including phenoxy) is 2. The number of thioether (sulfide) groups is 1. The predicted molar refractivity (Wildman–Crippen MR) is 127 cm³/mol. The molecule has 0 saturated carbocycles. The van der Waals surface area contributed by atoms with Gasteiger partial charge in [0.2, 0.25) is 0 Å². The Morgan fingerprint density at radius 1 is 1.23 bits per heavy atom. The van der Waals surface area contributed by atoms with E-state index < -0.39 is 11.7 Å². The van der Waals surface area contributed by atoms with Crippen LogP contribution in [0.25, 0.3) is 10.8 Å². The van der Waals surface area contributed by atoms with E-state index in [1.165, 1.54) is 0 Å². The van der Waals surface area contributed by atoms with Gasteiger partial charge in [0.05, 0.1) is 6.04 Å². The van der Waals surface area contributed by atoms with Gasteiger partial charge in [-0.25, -0.2) is 9.59 Å². The van der Waals surface area contributed by atoms with E-state index >= 15 is 0 Å². The van der Waals surface area contributed by atoms with Crippen LogP contribution in [0.4, 0.5) is 15.3 Å². The molecule has 1 fully saturated rings. The van der Waals surface area contributed by atoms with Gasteiger partial charge in [0.1, 0.15) is 12.2 Å². The molecule has 1 heterocycles. The van der Waals surface area contributed by atoms with E-state index in [4.69, 9.17) is 9.47 Å². The molecule has 6 nitrogen and oxygen atoms in total. The lowest BCUT2D eigenvalue weighted by Gasteiger charge is -2.24. The van der Waals surface area contributed by atoms with E-state index in [1.807, 2.05) is 45.0 Å². The number of rotatable bonds is 6.